The summed E-state index contributed by atoms with van der Waals surface area (Å²) in [7, 11) is 0. The molecule has 0 saturated carbocycles. The van der Waals surface area contributed by atoms with E-state index in [2.05, 4.69) is 26.2 Å². The van der Waals surface area contributed by atoms with Crippen molar-refractivity contribution < 1.29 is 24.3 Å². The molecular weight excluding hydrogens is 462 g/mol. The van der Waals surface area contributed by atoms with Crippen LogP contribution < -0.4 is 21.3 Å². The molecule has 2 aliphatic heterocycles. The first-order chi connectivity index (χ1) is 17.0. The van der Waals surface area contributed by atoms with Crippen LogP contribution >= 0.6 is 0 Å². The van der Waals surface area contributed by atoms with E-state index in [0.29, 0.717) is 25.9 Å². The number of phenols is 1. The number of nitrogens with one attached hydrogen (secondary N) is 4. The standard InChI is InChI=1S/C26H39N5O5/c1-15(2)12-20-24(34)28-17(4)23(33)27-14-16(3)31-11-5-6-22(31)26(36)30-21(25(35)29-20)13-18-7-9-19(32)10-8-18/h7-10,15-17,20-22,32H,5-6,11-14H2,1-4H3,(H,27,33)(H,28,34)(H,29,35)(H,30,36)/t16-,17-,20-,21-,22-/m0/s1. The van der Waals surface area contributed by atoms with Crippen molar-refractivity contribution in [1.82, 2.24) is 26.2 Å². The summed E-state index contributed by atoms with van der Waals surface area (Å²) in [6.07, 6.45) is 2.07. The number of benzene rings is 1. The van der Waals surface area contributed by atoms with E-state index in [1.807, 2.05) is 20.8 Å². The zero-order valence-electron chi connectivity index (χ0n) is 21.5. The quantitative estimate of drug-likeness (QED) is 0.406. The van der Waals surface area contributed by atoms with Crippen LogP contribution in [0.4, 0.5) is 0 Å². The highest BCUT2D eigenvalue weighted by Crippen LogP contribution is 2.21. The lowest BCUT2D eigenvalue weighted by Gasteiger charge is -2.31. The molecule has 5 atom stereocenters. The lowest BCUT2D eigenvalue weighted by molar-refractivity contribution is -0.134. The van der Waals surface area contributed by atoms with E-state index in [-0.39, 0.29) is 35.9 Å². The van der Waals surface area contributed by atoms with Gasteiger partial charge in [-0.15, -0.1) is 0 Å². The van der Waals surface area contributed by atoms with Crippen molar-refractivity contribution in [3.05, 3.63) is 29.8 Å². The fraction of sp³-hybridized carbons (Fsp3) is 0.615. The first kappa shape index (κ1) is 27.4. The van der Waals surface area contributed by atoms with Gasteiger partial charge in [-0.3, -0.25) is 24.1 Å². The maximum atomic E-state index is 13.5. The second-order valence-corrected chi connectivity index (χ2v) is 10.3. The summed E-state index contributed by atoms with van der Waals surface area (Å²) < 4.78 is 0. The van der Waals surface area contributed by atoms with E-state index in [0.717, 1.165) is 12.0 Å². The zero-order chi connectivity index (χ0) is 26.4. The highest BCUT2D eigenvalue weighted by molar-refractivity contribution is 5.95. The summed E-state index contributed by atoms with van der Waals surface area (Å²) >= 11 is 0. The Balaban J connectivity index is 1.92. The van der Waals surface area contributed by atoms with E-state index >= 15 is 0 Å². The third kappa shape index (κ3) is 7.19. The highest BCUT2D eigenvalue weighted by Gasteiger charge is 2.37. The molecule has 5 N–H and O–H groups in total. The van der Waals surface area contributed by atoms with Gasteiger partial charge in [0.05, 0.1) is 6.04 Å². The van der Waals surface area contributed by atoms with Crippen molar-refractivity contribution in [2.45, 2.75) is 83.6 Å². The smallest absolute Gasteiger partial charge is 0.243 e. The van der Waals surface area contributed by atoms with Crippen molar-refractivity contribution in [3.8, 4) is 5.75 Å². The van der Waals surface area contributed by atoms with E-state index in [1.165, 1.54) is 12.1 Å². The Hall–Kier alpha value is -3.14. The van der Waals surface area contributed by atoms with Crippen molar-refractivity contribution >= 4 is 23.6 Å². The first-order valence-electron chi connectivity index (χ1n) is 12.8. The van der Waals surface area contributed by atoms with E-state index in [1.54, 1.807) is 19.1 Å². The number of rotatable bonds is 4. The number of phenolic OH excluding ortho intramolecular Hbond substituents is 1. The Morgan fingerprint density at radius 2 is 1.56 bits per heavy atom. The minimum atomic E-state index is -0.912. The fourth-order valence-corrected chi connectivity index (χ4v) is 4.82. The molecule has 36 heavy (non-hydrogen) atoms. The predicted octanol–water partition coefficient (Wildman–Crippen LogP) is 0.438. The average Bonchev–Trinajstić information content (AvgIpc) is 3.32. The van der Waals surface area contributed by atoms with Gasteiger partial charge in [-0.05, 0) is 63.3 Å². The molecule has 2 fully saturated rings. The van der Waals surface area contributed by atoms with Crippen LogP contribution in [0.15, 0.2) is 24.3 Å². The first-order valence-corrected chi connectivity index (χ1v) is 12.8. The Labute approximate surface area is 212 Å². The van der Waals surface area contributed by atoms with E-state index in [9.17, 15) is 24.3 Å². The third-order valence-corrected chi connectivity index (χ3v) is 6.84. The topological polar surface area (TPSA) is 140 Å². The van der Waals surface area contributed by atoms with Crippen LogP contribution in [0, 0.1) is 5.92 Å². The highest BCUT2D eigenvalue weighted by atomic mass is 16.3. The predicted molar refractivity (Wildman–Crippen MR) is 135 cm³/mol. The van der Waals surface area contributed by atoms with Gasteiger partial charge in [0, 0.05) is 19.0 Å². The van der Waals surface area contributed by atoms with Crippen LogP contribution in [0.1, 0.15) is 52.5 Å². The molecule has 0 radical (unpaired) electrons. The molecule has 10 heteroatoms. The van der Waals surface area contributed by atoms with Gasteiger partial charge in [-0.2, -0.15) is 0 Å². The molecule has 0 aromatic heterocycles. The average molecular weight is 502 g/mol. The summed E-state index contributed by atoms with van der Waals surface area (Å²) in [6.45, 7) is 8.50. The molecule has 3 rings (SSSR count). The van der Waals surface area contributed by atoms with E-state index in [4.69, 9.17) is 0 Å². The van der Waals surface area contributed by atoms with Gasteiger partial charge in [0.1, 0.15) is 23.9 Å². The molecule has 2 saturated heterocycles. The number of carbonyl (C=O) groups is 4. The van der Waals surface area contributed by atoms with Crippen LogP contribution in [-0.4, -0.2) is 76.9 Å². The molecule has 198 valence electrons. The SMILES string of the molecule is CC(C)C[C@@H]1NC(=O)[C@H](Cc2ccc(O)cc2)NC(=O)[C@@H]2CCCN2[C@@H](C)CNC(=O)[C@H](C)NC1=O. The second kappa shape index (κ2) is 12.2. The molecule has 0 bridgehead atoms. The number of hydrogen-bond donors (Lipinski definition) is 5. The molecule has 0 unspecified atom stereocenters. The Morgan fingerprint density at radius 3 is 2.22 bits per heavy atom. The second-order valence-electron chi connectivity index (χ2n) is 10.3. The van der Waals surface area contributed by atoms with Crippen LogP contribution in [0.25, 0.3) is 0 Å². The number of nitrogens with zero attached hydrogens (tertiary/aromatic N) is 1. The molecule has 1 aromatic carbocycles. The molecule has 0 spiro atoms. The molecule has 1 aromatic rings. The van der Waals surface area contributed by atoms with Crippen LogP contribution in [0.2, 0.25) is 0 Å². The zero-order valence-corrected chi connectivity index (χ0v) is 21.5. The minimum Gasteiger partial charge on any atom is -0.508 e. The van der Waals surface area contributed by atoms with Crippen LogP contribution in [-0.2, 0) is 25.6 Å². The molecular formula is C26H39N5O5. The van der Waals surface area contributed by atoms with Gasteiger partial charge in [-0.1, -0.05) is 26.0 Å². The van der Waals surface area contributed by atoms with Gasteiger partial charge in [-0.25, -0.2) is 0 Å². The van der Waals surface area contributed by atoms with Crippen LogP contribution in [0.3, 0.4) is 0 Å². The van der Waals surface area contributed by atoms with Gasteiger partial charge in [0.2, 0.25) is 23.6 Å². The lowest BCUT2D eigenvalue weighted by atomic mass is 10.0. The monoisotopic (exact) mass is 501 g/mol. The van der Waals surface area contributed by atoms with E-state index < -0.39 is 36.0 Å². The summed E-state index contributed by atoms with van der Waals surface area (Å²) in [5.41, 5.74) is 0.760. The number of hydrogen-bond acceptors (Lipinski definition) is 6. The number of fused-ring (bicyclic) bond motifs is 1. The molecule has 10 nitrogen and oxygen atoms in total. The third-order valence-electron chi connectivity index (χ3n) is 6.84. The molecule has 2 aliphatic rings. The summed E-state index contributed by atoms with van der Waals surface area (Å²) in [6, 6.07) is 3.40. The van der Waals surface area contributed by atoms with Gasteiger partial charge in [0.15, 0.2) is 0 Å². The normalized spacial score (nSPS) is 28.9. The summed E-state index contributed by atoms with van der Waals surface area (Å²) in [5.74, 6) is -1.27. The maximum Gasteiger partial charge on any atom is 0.243 e. The minimum absolute atomic E-state index is 0.0988. The number of amides is 4. The summed E-state index contributed by atoms with van der Waals surface area (Å²) in [4.78, 5) is 54.6. The number of aromatic hydroxyl groups is 1. The number of carbonyl (C=O) groups excluding carboxylic acids is 4. The molecule has 2 heterocycles. The Bertz CT molecular complexity index is 951. The van der Waals surface area contributed by atoms with Gasteiger partial charge < -0.3 is 26.4 Å². The molecule has 4 amide bonds. The van der Waals surface area contributed by atoms with Crippen molar-refractivity contribution in [3.63, 3.8) is 0 Å². The fourth-order valence-electron chi connectivity index (χ4n) is 4.82. The van der Waals surface area contributed by atoms with Crippen molar-refractivity contribution in [1.29, 1.82) is 0 Å². The van der Waals surface area contributed by atoms with Gasteiger partial charge >= 0.3 is 0 Å². The largest absolute Gasteiger partial charge is 0.508 e. The van der Waals surface area contributed by atoms with Crippen molar-refractivity contribution in [2.75, 3.05) is 13.1 Å². The van der Waals surface area contributed by atoms with Crippen LogP contribution in [0.5, 0.6) is 5.75 Å². The summed E-state index contributed by atoms with van der Waals surface area (Å²) in [5, 5.41) is 21.0. The Kier molecular flexibility index (Phi) is 9.31. The van der Waals surface area contributed by atoms with Gasteiger partial charge in [0.25, 0.3) is 0 Å². The maximum absolute atomic E-state index is 13.5. The lowest BCUT2D eigenvalue weighted by Crippen LogP contribution is -2.57. The van der Waals surface area contributed by atoms with Crippen molar-refractivity contribution in [2.24, 2.45) is 5.92 Å². The molecule has 0 aliphatic carbocycles. The Morgan fingerprint density at radius 1 is 0.917 bits per heavy atom.